The van der Waals surface area contributed by atoms with E-state index < -0.39 is 133 Å². The van der Waals surface area contributed by atoms with Gasteiger partial charge in [-0.1, -0.05) is 58.0 Å². The molecule has 0 radical (unpaired) electrons. The standard InChI is InChI=1S/C47H77N13O13/c1-25(2)21-31(56-42(68)34-17-12-20-60(34)45(71)30(15-9-10-18-48)55-41(67)32(23-36(63)64)57-43(69)37(49)27(5)61)39(65)53-24-35(62)59-38(26(3)4)44(70)54-29(16-11-19-52-47(50)51)40(66)58-33(46(72)73)22-28-13-7-6-8-14-28/h6-8,13-14,25-27,29-34,37-38,61H,9-12,15-24,48-49H2,1-5H3,(H,53,65)(H,54,70)(H,55,67)(H,56,68)(H,57,69)(H,58,66)(H,59,62)(H,63,64)(H,72,73)(H4,50,51,52)/t27-,29+,30+,31+,32+,33+,34+,37+,38+/m1/s1. The summed E-state index contributed by atoms with van der Waals surface area (Å²) in [6.45, 7) is 7.93. The van der Waals surface area contributed by atoms with Gasteiger partial charge in [-0.25, -0.2) is 4.79 Å². The Morgan fingerprint density at radius 3 is 1.90 bits per heavy atom. The Balaban J connectivity index is 2.21. The molecule has 9 atom stereocenters. The molecule has 18 N–H and O–H groups in total. The fourth-order valence-corrected chi connectivity index (χ4v) is 7.80. The van der Waals surface area contributed by atoms with Crippen molar-refractivity contribution in [3.63, 3.8) is 0 Å². The first-order chi connectivity index (χ1) is 34.4. The van der Waals surface area contributed by atoms with Crippen molar-refractivity contribution in [2.45, 2.75) is 153 Å². The Morgan fingerprint density at radius 2 is 1.33 bits per heavy atom. The summed E-state index contributed by atoms with van der Waals surface area (Å²) in [5.41, 5.74) is 17.4. The van der Waals surface area contributed by atoms with Crippen molar-refractivity contribution in [1.82, 2.24) is 47.4 Å². The number of carbonyl (C=O) groups excluding carboxylic acids is 8. The SMILES string of the molecule is CC(C)C[C@H](NC(=O)[C@@H]1CCCN1C(=O)[C@H](CCCCN)NC(=O)[C@H](CC(=O)O)NC(=O)[C@@H](N)[C@@H](C)O)C(=O)NCC(=O)N[C@H](C(=O)N[C@@H](CCCNC(=N)N)C(=O)N[C@@H](Cc1ccccc1)C(=O)O)C(C)C. The highest BCUT2D eigenvalue weighted by molar-refractivity contribution is 5.98. The zero-order chi connectivity index (χ0) is 54.9. The van der Waals surface area contributed by atoms with Gasteiger partial charge in [0.1, 0.15) is 48.3 Å². The predicted octanol–water partition coefficient (Wildman–Crippen LogP) is -3.39. The average Bonchev–Trinajstić information content (AvgIpc) is 3.82. The van der Waals surface area contributed by atoms with Crippen LogP contribution >= 0.6 is 0 Å². The highest BCUT2D eigenvalue weighted by atomic mass is 16.4. The summed E-state index contributed by atoms with van der Waals surface area (Å²) in [6, 6.07) is -2.04. The summed E-state index contributed by atoms with van der Waals surface area (Å²) in [5.74, 6) is -10.4. The second-order valence-corrected chi connectivity index (χ2v) is 18.8. The second-order valence-electron chi connectivity index (χ2n) is 18.8. The van der Waals surface area contributed by atoms with Crippen LogP contribution in [0.3, 0.4) is 0 Å². The molecule has 1 aromatic rings. The van der Waals surface area contributed by atoms with Crippen LogP contribution in [0.2, 0.25) is 0 Å². The van der Waals surface area contributed by atoms with Gasteiger partial charge in [0.05, 0.1) is 19.1 Å². The number of aliphatic hydroxyl groups is 1. The van der Waals surface area contributed by atoms with Crippen LogP contribution in [-0.2, 0) is 54.4 Å². The van der Waals surface area contributed by atoms with Gasteiger partial charge in [0.2, 0.25) is 47.3 Å². The Bertz CT molecular complexity index is 2060. The number of rotatable bonds is 32. The number of nitrogens with one attached hydrogen (secondary N) is 9. The van der Waals surface area contributed by atoms with Gasteiger partial charge < -0.3 is 80.0 Å². The number of hydrogen-bond acceptors (Lipinski definition) is 14. The van der Waals surface area contributed by atoms with Crippen molar-refractivity contribution in [3.05, 3.63) is 35.9 Å². The second kappa shape index (κ2) is 31.5. The van der Waals surface area contributed by atoms with E-state index in [1.807, 2.05) is 0 Å². The molecule has 1 saturated heterocycles. The molecule has 0 aromatic heterocycles. The monoisotopic (exact) mass is 1030 g/mol. The Kier molecular flexibility index (Phi) is 26.8. The summed E-state index contributed by atoms with van der Waals surface area (Å²) < 4.78 is 0. The zero-order valence-corrected chi connectivity index (χ0v) is 42.2. The number of carbonyl (C=O) groups is 10. The molecule has 0 saturated carbocycles. The van der Waals surface area contributed by atoms with Gasteiger partial charge in [-0.15, -0.1) is 0 Å². The number of nitrogens with two attached hydrogens (primary N) is 3. The number of guanidine groups is 1. The number of carboxylic acids is 2. The van der Waals surface area contributed by atoms with Gasteiger partial charge in [0, 0.05) is 19.5 Å². The molecule has 0 bridgehead atoms. The molecular formula is C47H77N13O13. The highest BCUT2D eigenvalue weighted by Gasteiger charge is 2.40. The van der Waals surface area contributed by atoms with E-state index in [9.17, 15) is 63.3 Å². The molecule has 0 unspecified atom stereocenters. The molecule has 408 valence electrons. The van der Waals surface area contributed by atoms with Gasteiger partial charge in [-0.2, -0.15) is 0 Å². The lowest BCUT2D eigenvalue weighted by molar-refractivity contribution is -0.144. The molecule has 1 heterocycles. The molecule has 2 rings (SSSR count). The fraction of sp³-hybridized carbons (Fsp3) is 0.638. The van der Waals surface area contributed by atoms with Crippen LogP contribution in [0.25, 0.3) is 0 Å². The van der Waals surface area contributed by atoms with E-state index in [1.54, 1.807) is 58.0 Å². The molecule has 73 heavy (non-hydrogen) atoms. The quantitative estimate of drug-likeness (QED) is 0.0190. The molecule has 8 amide bonds. The highest BCUT2D eigenvalue weighted by Crippen LogP contribution is 2.21. The lowest BCUT2D eigenvalue weighted by Gasteiger charge is -2.31. The Hall–Kier alpha value is -6.93. The van der Waals surface area contributed by atoms with Crippen molar-refractivity contribution in [2.75, 3.05) is 26.2 Å². The predicted molar refractivity (Wildman–Crippen MR) is 265 cm³/mol. The van der Waals surface area contributed by atoms with Crippen LogP contribution in [0, 0.1) is 17.2 Å². The van der Waals surface area contributed by atoms with Crippen molar-refractivity contribution >= 4 is 65.2 Å². The smallest absolute Gasteiger partial charge is 0.326 e. The summed E-state index contributed by atoms with van der Waals surface area (Å²) in [7, 11) is 0. The number of aliphatic hydroxyl groups excluding tert-OH is 1. The largest absolute Gasteiger partial charge is 0.481 e. The number of benzene rings is 1. The van der Waals surface area contributed by atoms with Crippen LogP contribution in [0.1, 0.15) is 98.0 Å². The maximum absolute atomic E-state index is 14.2. The van der Waals surface area contributed by atoms with E-state index in [2.05, 4.69) is 42.5 Å². The zero-order valence-electron chi connectivity index (χ0n) is 42.2. The maximum Gasteiger partial charge on any atom is 0.326 e. The van der Waals surface area contributed by atoms with Gasteiger partial charge in [0.15, 0.2) is 5.96 Å². The van der Waals surface area contributed by atoms with E-state index in [4.69, 9.17) is 22.6 Å². The Morgan fingerprint density at radius 1 is 0.726 bits per heavy atom. The minimum atomic E-state index is -1.68. The number of carboxylic acid groups (broad SMARTS) is 2. The molecule has 1 aliphatic rings. The first-order valence-electron chi connectivity index (χ1n) is 24.5. The number of amides is 8. The van der Waals surface area contributed by atoms with Gasteiger partial charge in [-0.3, -0.25) is 48.6 Å². The van der Waals surface area contributed by atoms with Crippen LogP contribution in [0.4, 0.5) is 0 Å². The summed E-state index contributed by atoms with van der Waals surface area (Å²) in [6.07, 6.45) is -0.569. The summed E-state index contributed by atoms with van der Waals surface area (Å²) in [5, 5.41) is 56.7. The van der Waals surface area contributed by atoms with E-state index in [0.717, 1.165) is 0 Å². The Labute approximate surface area is 424 Å². The third kappa shape index (κ3) is 22.2. The van der Waals surface area contributed by atoms with Crippen molar-refractivity contribution in [1.29, 1.82) is 5.41 Å². The van der Waals surface area contributed by atoms with Crippen molar-refractivity contribution < 1.29 is 63.3 Å². The average molecular weight is 1030 g/mol. The maximum atomic E-state index is 14.2. The minimum absolute atomic E-state index is 0.00982. The van der Waals surface area contributed by atoms with Gasteiger partial charge in [-0.05, 0) is 82.2 Å². The first-order valence-corrected chi connectivity index (χ1v) is 24.5. The molecule has 1 fully saturated rings. The lowest BCUT2D eigenvalue weighted by Crippen LogP contribution is -2.59. The van der Waals surface area contributed by atoms with Crippen LogP contribution in [0.5, 0.6) is 0 Å². The molecule has 26 heteroatoms. The van der Waals surface area contributed by atoms with Crippen molar-refractivity contribution in [3.8, 4) is 0 Å². The third-order valence-corrected chi connectivity index (χ3v) is 11.8. The molecule has 1 aliphatic heterocycles. The first kappa shape index (κ1) is 62.2. The van der Waals surface area contributed by atoms with E-state index in [1.165, 1.54) is 11.8 Å². The molecule has 0 spiro atoms. The molecular weight excluding hydrogens is 955 g/mol. The van der Waals surface area contributed by atoms with Crippen molar-refractivity contribution in [2.24, 2.45) is 29.0 Å². The van der Waals surface area contributed by atoms with E-state index in [-0.39, 0.29) is 70.0 Å². The molecule has 26 nitrogen and oxygen atoms in total. The molecule has 1 aromatic carbocycles. The number of nitrogens with zero attached hydrogens (tertiary/aromatic N) is 1. The number of aliphatic carboxylic acids is 2. The minimum Gasteiger partial charge on any atom is -0.481 e. The van der Waals surface area contributed by atoms with Crippen LogP contribution < -0.4 is 59.7 Å². The topological polar surface area (TPSA) is 433 Å². The molecule has 0 aliphatic carbocycles. The number of hydrogen-bond donors (Lipinski definition) is 15. The summed E-state index contributed by atoms with van der Waals surface area (Å²) in [4.78, 5) is 134. The normalized spacial score (nSPS) is 16.5. The number of unbranched alkanes of at least 4 members (excludes halogenated alkanes) is 1. The van der Waals surface area contributed by atoms with Gasteiger partial charge in [0.25, 0.3) is 0 Å². The number of likely N-dealkylation sites (tertiary alicyclic amines) is 1. The van der Waals surface area contributed by atoms with Gasteiger partial charge >= 0.3 is 11.9 Å². The van der Waals surface area contributed by atoms with Crippen LogP contribution in [0.15, 0.2) is 30.3 Å². The fourth-order valence-electron chi connectivity index (χ4n) is 7.80. The van der Waals surface area contributed by atoms with Crippen LogP contribution in [-0.4, -0.2) is 166 Å². The lowest BCUT2D eigenvalue weighted by atomic mass is 10.0. The van der Waals surface area contributed by atoms with E-state index in [0.29, 0.717) is 24.8 Å². The third-order valence-electron chi connectivity index (χ3n) is 11.8. The summed E-state index contributed by atoms with van der Waals surface area (Å²) >= 11 is 0. The van der Waals surface area contributed by atoms with E-state index >= 15 is 0 Å².